The summed E-state index contributed by atoms with van der Waals surface area (Å²) < 4.78 is 13.0. The summed E-state index contributed by atoms with van der Waals surface area (Å²) in [6.07, 6.45) is 1.88. The monoisotopic (exact) mass is 600 g/mol. The van der Waals surface area contributed by atoms with Gasteiger partial charge in [0.15, 0.2) is 11.5 Å². The topological polar surface area (TPSA) is 51.1 Å². The normalized spacial score (nSPS) is 14.1. The number of amides is 1. The number of ether oxygens (including phenoxy) is 2. The van der Waals surface area contributed by atoms with Crippen LogP contribution in [0.3, 0.4) is 0 Å². The number of hydrogen-bond acceptors (Lipinski definition) is 4. The molecule has 0 fully saturated rings. The lowest BCUT2D eigenvalue weighted by molar-refractivity contribution is -0.114. The molecule has 5 rings (SSSR count). The number of carbonyl (C=O) groups excluding carboxylic acids is 1. The van der Waals surface area contributed by atoms with Crippen LogP contribution in [0.4, 0.5) is 5.69 Å². The van der Waals surface area contributed by atoms with Gasteiger partial charge >= 0.3 is 0 Å². The van der Waals surface area contributed by atoms with Crippen LogP contribution < -0.4 is 14.5 Å². The van der Waals surface area contributed by atoms with E-state index in [1.165, 1.54) is 5.01 Å². The van der Waals surface area contributed by atoms with Crippen molar-refractivity contribution >= 4 is 46.0 Å². The average Bonchev–Trinajstić information content (AvgIpc) is 3.25. The van der Waals surface area contributed by atoms with E-state index in [0.29, 0.717) is 36.0 Å². The lowest BCUT2D eigenvalue weighted by atomic mass is 10.00. The Balaban J connectivity index is 1.53. The second kappa shape index (κ2) is 11.4. The van der Waals surface area contributed by atoms with Gasteiger partial charge in [0.05, 0.1) is 21.4 Å². The molecule has 1 heterocycles. The van der Waals surface area contributed by atoms with Crippen LogP contribution in [0.2, 0.25) is 0 Å². The van der Waals surface area contributed by atoms with E-state index < -0.39 is 0 Å². The summed E-state index contributed by atoms with van der Waals surface area (Å²) in [4.78, 5) is 13.6. The number of nitrogens with zero attached hydrogens (tertiary/aromatic N) is 2. The fraction of sp³-hybridized carbons (Fsp3) is 0.0968. The molecule has 1 aliphatic heterocycles. The molecule has 0 aromatic heterocycles. The van der Waals surface area contributed by atoms with E-state index in [9.17, 15) is 4.79 Å². The van der Waals surface area contributed by atoms with Crippen LogP contribution in [0.15, 0.2) is 114 Å². The highest BCUT2D eigenvalue weighted by Crippen LogP contribution is 2.36. The molecule has 37 heavy (non-hydrogen) atoms. The molecule has 0 spiro atoms. The largest absolute Gasteiger partial charge is 0.490 e. The quantitative estimate of drug-likeness (QED) is 0.160. The molecular weight excluding hydrogens is 575 g/mol. The molecule has 4 aromatic rings. The Labute approximate surface area is 230 Å². The predicted molar refractivity (Wildman–Crippen MR) is 156 cm³/mol. The molecule has 0 N–H and O–H groups in total. The smallest absolute Gasteiger partial charge is 0.281 e. The van der Waals surface area contributed by atoms with E-state index in [0.717, 1.165) is 25.9 Å². The Morgan fingerprint density at radius 1 is 0.865 bits per heavy atom. The minimum absolute atomic E-state index is 0.178. The predicted octanol–water partition coefficient (Wildman–Crippen LogP) is 7.10. The van der Waals surface area contributed by atoms with Gasteiger partial charge in [-0.05, 0) is 71.0 Å². The lowest BCUT2D eigenvalue weighted by Crippen LogP contribution is -2.21. The van der Waals surface area contributed by atoms with Crippen LogP contribution in [0.25, 0.3) is 6.08 Å². The van der Waals surface area contributed by atoms with Gasteiger partial charge in [-0.25, -0.2) is 0 Å². The fourth-order valence-electron chi connectivity index (χ4n) is 4.07. The zero-order chi connectivity index (χ0) is 25.6. The van der Waals surface area contributed by atoms with E-state index in [1.54, 1.807) is 0 Å². The fourth-order valence-corrected chi connectivity index (χ4v) is 4.85. The van der Waals surface area contributed by atoms with Gasteiger partial charge in [0.1, 0.15) is 12.3 Å². The van der Waals surface area contributed by atoms with E-state index in [-0.39, 0.29) is 5.91 Å². The zero-order valence-electron chi connectivity index (χ0n) is 20.3. The number of halogens is 1. The van der Waals surface area contributed by atoms with Gasteiger partial charge < -0.3 is 9.47 Å². The maximum absolute atomic E-state index is 13.6. The molecule has 0 atom stereocenters. The van der Waals surface area contributed by atoms with Crippen LogP contribution in [-0.4, -0.2) is 18.2 Å². The van der Waals surface area contributed by atoms with Crippen LogP contribution in [0.1, 0.15) is 23.6 Å². The van der Waals surface area contributed by atoms with E-state index >= 15 is 0 Å². The molecule has 0 radical (unpaired) electrons. The second-order valence-corrected chi connectivity index (χ2v) is 9.52. The summed E-state index contributed by atoms with van der Waals surface area (Å²) in [5, 5.41) is 6.18. The first-order chi connectivity index (χ1) is 18.1. The van der Waals surface area contributed by atoms with Crippen molar-refractivity contribution in [3.8, 4) is 11.5 Å². The minimum atomic E-state index is -0.178. The first kappa shape index (κ1) is 24.8. The van der Waals surface area contributed by atoms with Crippen molar-refractivity contribution in [3.63, 3.8) is 0 Å². The van der Waals surface area contributed by atoms with Crippen molar-refractivity contribution in [2.24, 2.45) is 5.10 Å². The number of anilines is 1. The van der Waals surface area contributed by atoms with E-state index in [1.807, 2.05) is 116 Å². The van der Waals surface area contributed by atoms with Gasteiger partial charge in [-0.1, -0.05) is 78.9 Å². The average molecular weight is 600 g/mol. The molecule has 6 heteroatoms. The number of benzene rings is 4. The van der Waals surface area contributed by atoms with Crippen molar-refractivity contribution < 1.29 is 14.3 Å². The molecule has 0 unspecified atom stereocenters. The van der Waals surface area contributed by atoms with Crippen molar-refractivity contribution in [1.82, 2.24) is 0 Å². The molecule has 1 amide bonds. The Morgan fingerprint density at radius 3 is 2.19 bits per heavy atom. The summed E-state index contributed by atoms with van der Waals surface area (Å²) in [5.41, 5.74) is 4.66. The Hall–Kier alpha value is -3.91. The first-order valence-electron chi connectivity index (χ1n) is 12.0. The molecule has 184 valence electrons. The number of rotatable bonds is 8. The third-order valence-electron chi connectivity index (χ3n) is 5.79. The van der Waals surface area contributed by atoms with Crippen molar-refractivity contribution in [2.45, 2.75) is 13.5 Å². The lowest BCUT2D eigenvalue weighted by Gasteiger charge is -2.15. The molecule has 0 bridgehead atoms. The van der Waals surface area contributed by atoms with Gasteiger partial charge in [0, 0.05) is 5.56 Å². The summed E-state index contributed by atoms with van der Waals surface area (Å²) >= 11 is 2.26. The highest BCUT2D eigenvalue weighted by atomic mass is 127. The van der Waals surface area contributed by atoms with Crippen LogP contribution >= 0.6 is 22.6 Å². The highest BCUT2D eigenvalue weighted by Gasteiger charge is 2.32. The third kappa shape index (κ3) is 5.59. The summed E-state index contributed by atoms with van der Waals surface area (Å²) in [6.45, 7) is 2.87. The number of hydrogen-bond donors (Lipinski definition) is 0. The van der Waals surface area contributed by atoms with E-state index in [2.05, 4.69) is 22.6 Å². The Bertz CT molecular complexity index is 1450. The third-order valence-corrected chi connectivity index (χ3v) is 6.60. The summed E-state index contributed by atoms with van der Waals surface area (Å²) in [6, 6.07) is 33.2. The number of hydrazone groups is 1. The molecule has 0 saturated carbocycles. The molecular formula is C31H25IN2O3. The first-order valence-corrected chi connectivity index (χ1v) is 13.1. The van der Waals surface area contributed by atoms with Gasteiger partial charge in [0.25, 0.3) is 5.91 Å². The molecule has 0 aliphatic carbocycles. The molecule has 5 nitrogen and oxygen atoms in total. The van der Waals surface area contributed by atoms with Crippen LogP contribution in [-0.2, 0) is 11.4 Å². The maximum Gasteiger partial charge on any atom is 0.281 e. The summed E-state index contributed by atoms with van der Waals surface area (Å²) in [5.74, 6) is 1.15. The second-order valence-electron chi connectivity index (χ2n) is 8.36. The molecule has 1 aliphatic rings. The summed E-state index contributed by atoms with van der Waals surface area (Å²) in [7, 11) is 0. The van der Waals surface area contributed by atoms with Gasteiger partial charge in [-0.3, -0.25) is 4.79 Å². The van der Waals surface area contributed by atoms with Crippen molar-refractivity contribution in [1.29, 1.82) is 0 Å². The highest BCUT2D eigenvalue weighted by molar-refractivity contribution is 14.1. The number of para-hydroxylation sites is 1. The van der Waals surface area contributed by atoms with Crippen molar-refractivity contribution in [2.75, 3.05) is 11.6 Å². The van der Waals surface area contributed by atoms with Gasteiger partial charge in [0.2, 0.25) is 0 Å². The minimum Gasteiger partial charge on any atom is -0.490 e. The maximum atomic E-state index is 13.6. The number of carbonyl (C=O) groups is 1. The van der Waals surface area contributed by atoms with E-state index in [4.69, 9.17) is 14.6 Å². The molecule has 4 aromatic carbocycles. The molecule has 0 saturated heterocycles. The Morgan fingerprint density at radius 2 is 1.51 bits per heavy atom. The Kier molecular flexibility index (Phi) is 7.65. The van der Waals surface area contributed by atoms with Gasteiger partial charge in [-0.15, -0.1) is 0 Å². The van der Waals surface area contributed by atoms with Crippen LogP contribution in [0.5, 0.6) is 11.5 Å². The standard InChI is InChI=1S/C31H25IN2O3/c1-2-36-28-20-23(19-27(32)30(28)37-21-22-12-6-3-7-13-22)18-26-29(24-14-8-4-9-15-24)33-34(31(26)35)25-16-10-5-11-17-25/h3-20H,2,21H2,1H3/b26-18-. The van der Waals surface area contributed by atoms with Crippen molar-refractivity contribution in [3.05, 3.63) is 129 Å². The zero-order valence-corrected chi connectivity index (χ0v) is 22.5. The van der Waals surface area contributed by atoms with Gasteiger partial charge in [-0.2, -0.15) is 10.1 Å². The van der Waals surface area contributed by atoms with Crippen LogP contribution in [0, 0.1) is 3.57 Å². The SMILES string of the molecule is CCOc1cc(/C=C2\C(=O)N(c3ccccc3)N=C2c2ccccc2)cc(I)c1OCc1ccccc1.